The van der Waals surface area contributed by atoms with Crippen LogP contribution in [0.1, 0.15) is 30.1 Å². The summed E-state index contributed by atoms with van der Waals surface area (Å²) in [6, 6.07) is 10.3. The third-order valence-electron chi connectivity index (χ3n) is 6.31. The number of H-pyrrole nitrogens is 1. The highest BCUT2D eigenvalue weighted by molar-refractivity contribution is 7.17. The molecule has 4 aromatic rings. The fourth-order valence-electron chi connectivity index (χ4n) is 4.87. The number of nitrogens with zero attached hydrogens (tertiary/aromatic N) is 4. The lowest BCUT2D eigenvalue weighted by molar-refractivity contribution is 0.0508. The minimum atomic E-state index is -0.0919. The van der Waals surface area contributed by atoms with E-state index >= 15 is 0 Å². The first-order valence-corrected chi connectivity index (χ1v) is 10.9. The number of carbonyl (C=O) groups is 1. The molecule has 1 amide bonds. The van der Waals surface area contributed by atoms with Gasteiger partial charge in [-0.1, -0.05) is 18.2 Å². The molecule has 3 aromatic heterocycles. The highest BCUT2D eigenvalue weighted by Gasteiger charge is 2.56. The molecule has 1 spiro atoms. The van der Waals surface area contributed by atoms with Crippen LogP contribution in [-0.4, -0.2) is 50.4 Å². The van der Waals surface area contributed by atoms with Crippen molar-refractivity contribution in [3.8, 4) is 0 Å². The highest BCUT2D eigenvalue weighted by Crippen LogP contribution is 2.48. The Morgan fingerprint density at radius 3 is 2.93 bits per heavy atom. The van der Waals surface area contributed by atoms with Crippen LogP contribution in [0.5, 0.6) is 0 Å². The topological polar surface area (TPSA) is 65.1 Å². The summed E-state index contributed by atoms with van der Waals surface area (Å²) in [5.41, 5.74) is 1.61. The van der Waals surface area contributed by atoms with Gasteiger partial charge in [0.1, 0.15) is 17.8 Å². The van der Waals surface area contributed by atoms with Crippen molar-refractivity contribution in [3.63, 3.8) is 0 Å². The molecule has 1 aromatic carbocycles. The summed E-state index contributed by atoms with van der Waals surface area (Å²) in [5, 5.41) is 4.13. The van der Waals surface area contributed by atoms with E-state index in [1.54, 1.807) is 17.7 Å². The second-order valence-electron chi connectivity index (χ2n) is 8.21. The van der Waals surface area contributed by atoms with Gasteiger partial charge in [-0.15, -0.1) is 11.3 Å². The van der Waals surface area contributed by atoms with Crippen LogP contribution in [0.25, 0.3) is 21.1 Å². The van der Waals surface area contributed by atoms with Crippen LogP contribution >= 0.6 is 11.3 Å². The van der Waals surface area contributed by atoms with Crippen molar-refractivity contribution >= 4 is 44.2 Å². The van der Waals surface area contributed by atoms with Gasteiger partial charge >= 0.3 is 0 Å². The third-order valence-corrected chi connectivity index (χ3v) is 7.27. The predicted molar refractivity (Wildman–Crippen MR) is 116 cm³/mol. The number of fused-ring (bicyclic) bond motifs is 2. The van der Waals surface area contributed by atoms with Gasteiger partial charge in [-0.2, -0.15) is 0 Å². The molecule has 1 saturated heterocycles. The van der Waals surface area contributed by atoms with E-state index in [1.807, 2.05) is 29.8 Å². The number of rotatable bonds is 2. The molecule has 0 unspecified atom stereocenters. The quantitative estimate of drug-likeness (QED) is 0.548. The molecular formula is C22H21N5OS. The maximum atomic E-state index is 13.6. The van der Waals surface area contributed by atoms with E-state index in [-0.39, 0.29) is 17.5 Å². The number of piperazine rings is 1. The predicted octanol–water partition coefficient (Wildman–Crippen LogP) is 4.06. The van der Waals surface area contributed by atoms with Gasteiger partial charge in [-0.25, -0.2) is 9.97 Å². The summed E-state index contributed by atoms with van der Waals surface area (Å²) >= 11 is 1.65. The zero-order chi connectivity index (χ0) is 19.6. The number of hydrogen-bond donors (Lipinski definition) is 1. The molecule has 1 N–H and O–H groups in total. The van der Waals surface area contributed by atoms with E-state index in [4.69, 9.17) is 0 Å². The fourth-order valence-corrected chi connectivity index (χ4v) is 5.80. The molecule has 1 aliphatic heterocycles. The average molecular weight is 404 g/mol. The molecule has 0 radical (unpaired) electrons. The second-order valence-corrected chi connectivity index (χ2v) is 9.12. The minimum absolute atomic E-state index is 0.0919. The molecule has 4 heterocycles. The SMILES string of the molecule is C[C@H]1CN(c2ncnc3[nH]ccc23)CC2(CC2)N1C(=O)c1csc2ccccc12. The molecule has 2 fully saturated rings. The highest BCUT2D eigenvalue weighted by atomic mass is 32.1. The van der Waals surface area contributed by atoms with Crippen molar-refractivity contribution in [2.75, 3.05) is 18.0 Å². The van der Waals surface area contributed by atoms with Gasteiger partial charge in [0.15, 0.2) is 0 Å². The zero-order valence-corrected chi connectivity index (χ0v) is 16.9. The summed E-state index contributed by atoms with van der Waals surface area (Å²) in [6.07, 6.45) is 5.61. The molecule has 0 bridgehead atoms. The first-order valence-electron chi connectivity index (χ1n) is 9.99. The van der Waals surface area contributed by atoms with E-state index in [0.717, 1.165) is 53.7 Å². The van der Waals surface area contributed by atoms with Gasteiger partial charge in [0.2, 0.25) is 0 Å². The Morgan fingerprint density at radius 1 is 1.21 bits per heavy atom. The van der Waals surface area contributed by atoms with E-state index in [9.17, 15) is 4.79 Å². The lowest BCUT2D eigenvalue weighted by Crippen LogP contribution is -2.61. The molecule has 6 rings (SSSR count). The van der Waals surface area contributed by atoms with Gasteiger partial charge in [0.25, 0.3) is 5.91 Å². The number of aromatic amines is 1. The van der Waals surface area contributed by atoms with Crippen LogP contribution in [0.15, 0.2) is 48.2 Å². The Labute approximate surface area is 172 Å². The lowest BCUT2D eigenvalue weighted by atomic mass is 10.0. The Balaban J connectivity index is 1.36. The Kier molecular flexibility index (Phi) is 3.53. The number of hydrogen-bond acceptors (Lipinski definition) is 5. The first-order chi connectivity index (χ1) is 14.2. The zero-order valence-electron chi connectivity index (χ0n) is 16.1. The number of carbonyl (C=O) groups excluding carboxylic acids is 1. The Morgan fingerprint density at radius 2 is 2.07 bits per heavy atom. The average Bonchev–Trinajstić information content (AvgIpc) is 3.16. The standard InChI is InChI=1S/C22H21N5OS/c1-14-10-26(20-16-6-9-23-19(16)24-13-25-20)12-22(7-8-22)27(14)21(28)17-11-29-18-5-3-2-4-15(17)18/h2-6,9,11,13-14H,7-8,10,12H2,1H3,(H,23,24,25)/t14-/m0/s1. The van der Waals surface area contributed by atoms with Crippen molar-refractivity contribution in [2.24, 2.45) is 0 Å². The van der Waals surface area contributed by atoms with Crippen LogP contribution in [0.4, 0.5) is 5.82 Å². The second kappa shape index (κ2) is 6.03. The summed E-state index contributed by atoms with van der Waals surface area (Å²) in [5.74, 6) is 1.13. The van der Waals surface area contributed by atoms with Crippen molar-refractivity contribution in [2.45, 2.75) is 31.3 Å². The van der Waals surface area contributed by atoms with Crippen molar-refractivity contribution < 1.29 is 4.79 Å². The summed E-state index contributed by atoms with van der Waals surface area (Å²) < 4.78 is 1.17. The largest absolute Gasteiger partial charge is 0.352 e. The minimum Gasteiger partial charge on any atom is -0.352 e. The van der Waals surface area contributed by atoms with Crippen LogP contribution in [-0.2, 0) is 0 Å². The van der Waals surface area contributed by atoms with Crippen molar-refractivity contribution in [1.82, 2.24) is 19.9 Å². The van der Waals surface area contributed by atoms with Gasteiger partial charge in [0.05, 0.1) is 16.5 Å². The number of anilines is 1. The number of aromatic nitrogens is 3. The summed E-state index contributed by atoms with van der Waals surface area (Å²) in [7, 11) is 0. The molecule has 2 aliphatic rings. The van der Waals surface area contributed by atoms with Gasteiger partial charge in [-0.3, -0.25) is 4.79 Å². The molecule has 1 aliphatic carbocycles. The van der Waals surface area contributed by atoms with E-state index in [2.05, 4.69) is 43.8 Å². The molecule has 146 valence electrons. The smallest absolute Gasteiger partial charge is 0.256 e. The summed E-state index contributed by atoms with van der Waals surface area (Å²) in [6.45, 7) is 3.75. The van der Waals surface area contributed by atoms with E-state index in [0.29, 0.717) is 0 Å². The third kappa shape index (κ3) is 2.50. The number of nitrogens with one attached hydrogen (secondary N) is 1. The normalized spacial score (nSPS) is 20.7. The molecule has 29 heavy (non-hydrogen) atoms. The van der Waals surface area contributed by atoms with Gasteiger partial charge in [-0.05, 0) is 31.9 Å². The van der Waals surface area contributed by atoms with E-state index < -0.39 is 0 Å². The van der Waals surface area contributed by atoms with Gasteiger partial charge < -0.3 is 14.8 Å². The molecule has 7 heteroatoms. The fraction of sp³-hybridized carbons (Fsp3) is 0.318. The lowest BCUT2D eigenvalue weighted by Gasteiger charge is -2.47. The number of benzene rings is 1. The van der Waals surface area contributed by atoms with Crippen LogP contribution < -0.4 is 4.90 Å². The molecule has 1 saturated carbocycles. The first kappa shape index (κ1) is 17.0. The molecule has 6 nitrogen and oxygen atoms in total. The Bertz CT molecular complexity index is 1240. The van der Waals surface area contributed by atoms with E-state index in [1.165, 1.54) is 4.70 Å². The monoisotopic (exact) mass is 403 g/mol. The number of thiophene rings is 1. The van der Waals surface area contributed by atoms with Crippen molar-refractivity contribution in [1.29, 1.82) is 0 Å². The molecular weight excluding hydrogens is 382 g/mol. The Hall–Kier alpha value is -2.93. The maximum absolute atomic E-state index is 13.6. The van der Waals surface area contributed by atoms with Crippen LogP contribution in [0.2, 0.25) is 0 Å². The van der Waals surface area contributed by atoms with Crippen LogP contribution in [0.3, 0.4) is 0 Å². The summed E-state index contributed by atoms with van der Waals surface area (Å²) in [4.78, 5) is 30.2. The van der Waals surface area contributed by atoms with Gasteiger partial charge in [0, 0.05) is 40.8 Å². The maximum Gasteiger partial charge on any atom is 0.256 e. The van der Waals surface area contributed by atoms with Crippen molar-refractivity contribution in [3.05, 3.63) is 53.8 Å². The molecule has 1 atom stereocenters. The van der Waals surface area contributed by atoms with Crippen LogP contribution in [0, 0.1) is 0 Å². The number of amides is 1.